The molecule has 0 bridgehead atoms. The zero-order chi connectivity index (χ0) is 44.6. The number of carbonyl (C=O) groups is 1. The first-order valence-electron chi connectivity index (χ1n) is 20.8. The molecule has 4 heterocycles. The quantitative estimate of drug-likeness (QED) is 0.118. The molecule has 334 valence electrons. The van der Waals surface area contributed by atoms with Crippen LogP contribution < -0.4 is 19.1 Å². The molecule has 2 aromatic heterocycles. The molecule has 63 heavy (non-hydrogen) atoms. The molecule has 0 radical (unpaired) electrons. The van der Waals surface area contributed by atoms with Crippen molar-refractivity contribution >= 4 is 49.8 Å². The molecule has 0 spiro atoms. The van der Waals surface area contributed by atoms with Gasteiger partial charge < -0.3 is 24.1 Å². The molecule has 5 aromatic rings. The maximum absolute atomic E-state index is 15.1. The maximum Gasteiger partial charge on any atom is 0.420 e. The Morgan fingerprint density at radius 2 is 1.68 bits per heavy atom. The molecule has 1 aliphatic carbocycles. The number of aromatic amines is 1. The van der Waals surface area contributed by atoms with Crippen molar-refractivity contribution < 1.29 is 45.0 Å². The molecule has 0 atom stereocenters. The van der Waals surface area contributed by atoms with Crippen LogP contribution in [-0.4, -0.2) is 87.4 Å². The third-order valence-corrected chi connectivity index (χ3v) is 13.6. The largest absolute Gasteiger partial charge is 0.490 e. The van der Waals surface area contributed by atoms with Crippen molar-refractivity contribution in [2.45, 2.75) is 62.7 Å². The number of H-pyrrole nitrogens is 1. The number of fused-ring (bicyclic) bond motifs is 1. The Morgan fingerprint density at radius 1 is 0.937 bits per heavy atom. The van der Waals surface area contributed by atoms with Crippen LogP contribution in [0.2, 0.25) is 5.02 Å². The number of hydrogen-bond acceptors (Lipinski definition) is 9. The van der Waals surface area contributed by atoms with Crippen LogP contribution >= 0.6 is 11.6 Å². The molecule has 1 amide bonds. The van der Waals surface area contributed by atoms with Crippen molar-refractivity contribution in [3.63, 3.8) is 0 Å². The highest BCUT2D eigenvalue weighted by Gasteiger charge is 2.39. The smallest absolute Gasteiger partial charge is 0.420 e. The number of benzene rings is 3. The van der Waals surface area contributed by atoms with Crippen LogP contribution in [0.15, 0.2) is 95.5 Å². The van der Waals surface area contributed by atoms with Crippen LogP contribution in [0.25, 0.3) is 16.6 Å². The molecule has 3 aliphatic rings. The third-order valence-electron chi connectivity index (χ3n) is 12.0. The average molecular weight is 910 g/mol. The molecule has 0 unspecified atom stereocenters. The fourth-order valence-electron chi connectivity index (χ4n) is 8.31. The number of alkyl halides is 4. The number of sulfonamides is 1. The number of aromatic nitrogens is 2. The van der Waals surface area contributed by atoms with Gasteiger partial charge >= 0.3 is 6.18 Å². The number of ether oxygens (including phenoxy) is 3. The van der Waals surface area contributed by atoms with Gasteiger partial charge in [-0.3, -0.25) is 9.69 Å². The number of carbonyl (C=O) groups excluding carboxylic acids is 1. The molecule has 11 nitrogen and oxygen atoms in total. The summed E-state index contributed by atoms with van der Waals surface area (Å²) in [5.41, 5.74) is 2.71. The van der Waals surface area contributed by atoms with Gasteiger partial charge in [-0.2, -0.15) is 13.2 Å². The van der Waals surface area contributed by atoms with E-state index in [-0.39, 0.29) is 48.7 Å². The number of amides is 1. The van der Waals surface area contributed by atoms with Crippen molar-refractivity contribution in [1.82, 2.24) is 19.6 Å². The van der Waals surface area contributed by atoms with Crippen LogP contribution in [0.5, 0.6) is 17.4 Å². The molecule has 2 fully saturated rings. The second-order valence-electron chi connectivity index (χ2n) is 17.2. The fourth-order valence-corrected chi connectivity index (χ4v) is 9.43. The molecule has 17 heteroatoms. The van der Waals surface area contributed by atoms with E-state index in [1.54, 1.807) is 36.5 Å². The molecule has 0 saturated carbocycles. The Kier molecular flexibility index (Phi) is 12.5. The first-order chi connectivity index (χ1) is 29.9. The van der Waals surface area contributed by atoms with Crippen molar-refractivity contribution in [3.05, 3.63) is 112 Å². The van der Waals surface area contributed by atoms with Gasteiger partial charge in [-0.25, -0.2) is 22.5 Å². The highest BCUT2D eigenvalue weighted by atomic mass is 35.5. The van der Waals surface area contributed by atoms with Gasteiger partial charge in [-0.1, -0.05) is 43.2 Å². The zero-order valence-corrected chi connectivity index (χ0v) is 36.4. The van der Waals surface area contributed by atoms with E-state index < -0.39 is 50.6 Å². The average Bonchev–Trinajstić information content (AvgIpc) is 3.72. The van der Waals surface area contributed by atoms with Gasteiger partial charge in [0.1, 0.15) is 23.8 Å². The van der Waals surface area contributed by atoms with Crippen LogP contribution in [0.4, 0.5) is 23.2 Å². The number of piperazine rings is 1. The second-order valence-corrected chi connectivity index (χ2v) is 19.3. The Balaban J connectivity index is 1.01. The normalized spacial score (nSPS) is 18.4. The summed E-state index contributed by atoms with van der Waals surface area (Å²) in [6.07, 6.45) is -0.380. The summed E-state index contributed by atoms with van der Waals surface area (Å²) < 4.78 is 104. The van der Waals surface area contributed by atoms with Crippen LogP contribution in [-0.2, 0) is 20.9 Å². The predicted molar refractivity (Wildman–Crippen MR) is 233 cm³/mol. The highest BCUT2D eigenvalue weighted by Crippen LogP contribution is 2.44. The number of nitrogens with zero attached hydrogens (tertiary/aromatic N) is 3. The van der Waals surface area contributed by atoms with Crippen molar-refractivity contribution in [1.29, 1.82) is 0 Å². The lowest BCUT2D eigenvalue weighted by atomic mass is 9.72. The summed E-state index contributed by atoms with van der Waals surface area (Å²) in [6, 6.07) is 19.9. The minimum atomic E-state index is -5.06. The van der Waals surface area contributed by atoms with E-state index in [0.717, 1.165) is 56.5 Å². The van der Waals surface area contributed by atoms with Gasteiger partial charge in [0.2, 0.25) is 5.88 Å². The van der Waals surface area contributed by atoms with Gasteiger partial charge in [0.05, 0.1) is 27.1 Å². The molecular formula is C46H48ClF4N5O6S. The van der Waals surface area contributed by atoms with Crippen molar-refractivity contribution in [2.75, 3.05) is 57.4 Å². The number of hydrogen-bond donors (Lipinski definition) is 2. The summed E-state index contributed by atoms with van der Waals surface area (Å²) in [6.45, 7) is 7.80. The predicted octanol–water partition coefficient (Wildman–Crippen LogP) is 9.83. The van der Waals surface area contributed by atoms with E-state index in [0.29, 0.717) is 35.4 Å². The van der Waals surface area contributed by atoms with Crippen LogP contribution in [0, 0.1) is 5.41 Å². The molecule has 8 rings (SSSR count). The summed E-state index contributed by atoms with van der Waals surface area (Å²) >= 11 is 6.22. The number of pyridine rings is 1. The maximum atomic E-state index is 15.1. The van der Waals surface area contributed by atoms with E-state index in [1.807, 2.05) is 16.9 Å². The lowest BCUT2D eigenvalue weighted by molar-refractivity contribution is -0.139. The number of anilines is 1. The minimum absolute atomic E-state index is 0.0133. The van der Waals surface area contributed by atoms with E-state index in [1.165, 1.54) is 22.8 Å². The Labute approximate surface area is 368 Å². The fraction of sp³-hybridized carbons (Fsp3) is 0.391. The second kappa shape index (κ2) is 17.8. The van der Waals surface area contributed by atoms with Crippen LogP contribution in [0.3, 0.4) is 0 Å². The molecule has 2 aliphatic heterocycles. The van der Waals surface area contributed by atoms with E-state index >= 15 is 4.39 Å². The van der Waals surface area contributed by atoms with Crippen molar-refractivity contribution in [2.24, 2.45) is 5.41 Å². The number of nitrogens with one attached hydrogen (secondary N) is 2. The van der Waals surface area contributed by atoms with E-state index in [2.05, 4.69) is 45.7 Å². The molecule has 3 aromatic carbocycles. The third kappa shape index (κ3) is 10.5. The van der Waals surface area contributed by atoms with Gasteiger partial charge in [0.15, 0.2) is 0 Å². The Hall–Kier alpha value is -5.16. The Morgan fingerprint density at radius 3 is 2.41 bits per heavy atom. The summed E-state index contributed by atoms with van der Waals surface area (Å²) in [4.78, 5) is 25.2. The number of allylic oxidation sites excluding steroid dienone is 1. The standard InChI is InChI=1S/C46H48ClF4N5O6S/c1-44(2)15-13-31(36(27-44)30-3-5-32(47)6-4-30)28-55-19-21-56(22-20-55)33-7-9-35(41(25-33)62-42-12-10-38-39(53-42)14-18-52-38)43(57)54-63(58,59)34-8-11-40(37(26-34)46(49,50)51)61-29-45(48)16-23-60-24-17-45/h3-12,14,18,25-26,52H,13,15-17,19-24,27-29H2,1-2H3,(H,54,57). The van der Waals surface area contributed by atoms with Gasteiger partial charge in [-0.05, 0) is 90.4 Å². The monoisotopic (exact) mass is 909 g/mol. The molecule has 2 N–H and O–H groups in total. The van der Waals surface area contributed by atoms with Crippen LogP contribution in [0.1, 0.15) is 67.4 Å². The SMILES string of the molecule is CC1(C)CCC(CN2CCN(c3ccc(C(=O)NS(=O)(=O)c4ccc(OCC5(F)CCOCC5)c(C(F)(F)F)c4)c(Oc4ccc5[nH]ccc5n4)c3)CC2)=C(c2ccc(Cl)cc2)C1. The first kappa shape index (κ1) is 44.4. The highest BCUT2D eigenvalue weighted by molar-refractivity contribution is 7.90. The minimum Gasteiger partial charge on any atom is -0.490 e. The van der Waals surface area contributed by atoms with Gasteiger partial charge in [0.25, 0.3) is 15.9 Å². The summed E-state index contributed by atoms with van der Waals surface area (Å²) in [5.74, 6) is -1.77. The zero-order valence-electron chi connectivity index (χ0n) is 34.9. The Bertz CT molecular complexity index is 2620. The summed E-state index contributed by atoms with van der Waals surface area (Å²) in [5, 5.41) is 0.703. The van der Waals surface area contributed by atoms with Gasteiger partial charge in [0, 0.05) is 87.8 Å². The molecule has 2 saturated heterocycles. The number of rotatable bonds is 12. The van der Waals surface area contributed by atoms with E-state index in [9.17, 15) is 26.4 Å². The van der Waals surface area contributed by atoms with Crippen molar-refractivity contribution in [3.8, 4) is 17.4 Å². The molecular weight excluding hydrogens is 862 g/mol. The first-order valence-corrected chi connectivity index (χ1v) is 22.7. The lowest BCUT2D eigenvalue weighted by Crippen LogP contribution is -2.47. The topological polar surface area (TPSA) is 126 Å². The van der Waals surface area contributed by atoms with Gasteiger partial charge in [-0.15, -0.1) is 0 Å². The van der Waals surface area contributed by atoms with E-state index in [4.69, 9.17) is 25.8 Å². The number of halogens is 5. The summed E-state index contributed by atoms with van der Waals surface area (Å²) in [7, 11) is -4.89. The lowest BCUT2D eigenvalue weighted by Gasteiger charge is -2.39.